The van der Waals surface area contributed by atoms with Crippen molar-refractivity contribution in [1.29, 1.82) is 5.26 Å². The van der Waals surface area contributed by atoms with E-state index in [1.165, 1.54) is 0 Å². The number of nitrogens with zero attached hydrogens (tertiary/aromatic N) is 2. The Morgan fingerprint density at radius 2 is 1.95 bits per heavy atom. The molecule has 1 unspecified atom stereocenters. The van der Waals surface area contributed by atoms with Crippen molar-refractivity contribution in [2.75, 3.05) is 6.54 Å². The number of nitriles is 1. The Labute approximate surface area is 120 Å². The van der Waals surface area contributed by atoms with Crippen LogP contribution in [0.5, 0.6) is 0 Å². The van der Waals surface area contributed by atoms with Crippen LogP contribution in [0.4, 0.5) is 0 Å². The summed E-state index contributed by atoms with van der Waals surface area (Å²) in [4.78, 5) is 25.6. The van der Waals surface area contributed by atoms with Gasteiger partial charge in [-0.3, -0.25) is 9.59 Å². The zero-order valence-corrected chi connectivity index (χ0v) is 12.5. The predicted molar refractivity (Wildman–Crippen MR) is 74.7 cm³/mol. The summed E-state index contributed by atoms with van der Waals surface area (Å²) in [5.41, 5.74) is 0. The molecular formula is C15H24N2O3. The molecule has 5 nitrogen and oxygen atoms in total. The van der Waals surface area contributed by atoms with Crippen LogP contribution in [0.2, 0.25) is 0 Å². The molecule has 0 aliphatic heterocycles. The van der Waals surface area contributed by atoms with E-state index in [1.807, 2.05) is 26.8 Å². The second-order valence-corrected chi connectivity index (χ2v) is 5.83. The highest BCUT2D eigenvalue weighted by molar-refractivity contribution is 5.85. The van der Waals surface area contributed by atoms with Crippen molar-refractivity contribution < 1.29 is 14.7 Å². The third-order valence-electron chi connectivity index (χ3n) is 4.24. The summed E-state index contributed by atoms with van der Waals surface area (Å²) in [6, 6.07) is 2.03. The SMILES string of the molecule is CCC1C[C@H](C(=O)N(CCC#N)C(C)C)[C@H](C(=O)O)C1. The van der Waals surface area contributed by atoms with Crippen molar-refractivity contribution in [3.8, 4) is 6.07 Å². The Kier molecular flexibility index (Phi) is 6.00. The molecule has 1 N–H and O–H groups in total. The van der Waals surface area contributed by atoms with E-state index in [0.717, 1.165) is 6.42 Å². The first-order valence-corrected chi connectivity index (χ1v) is 7.32. The third-order valence-corrected chi connectivity index (χ3v) is 4.24. The summed E-state index contributed by atoms with van der Waals surface area (Å²) in [5, 5.41) is 18.0. The maximum Gasteiger partial charge on any atom is 0.307 e. The summed E-state index contributed by atoms with van der Waals surface area (Å²) < 4.78 is 0. The van der Waals surface area contributed by atoms with Crippen LogP contribution in [0.15, 0.2) is 0 Å². The molecule has 0 aromatic rings. The maximum atomic E-state index is 12.6. The monoisotopic (exact) mass is 280 g/mol. The van der Waals surface area contributed by atoms with E-state index in [-0.39, 0.29) is 18.4 Å². The molecule has 1 rings (SSSR count). The van der Waals surface area contributed by atoms with Crippen molar-refractivity contribution in [1.82, 2.24) is 4.90 Å². The van der Waals surface area contributed by atoms with Gasteiger partial charge in [0.2, 0.25) is 5.91 Å². The molecule has 0 aromatic carbocycles. The van der Waals surface area contributed by atoms with Gasteiger partial charge in [-0.15, -0.1) is 0 Å². The van der Waals surface area contributed by atoms with Crippen molar-refractivity contribution in [2.24, 2.45) is 17.8 Å². The zero-order valence-electron chi connectivity index (χ0n) is 12.5. The van der Waals surface area contributed by atoms with Gasteiger partial charge in [-0.05, 0) is 32.6 Å². The number of carbonyl (C=O) groups is 2. The summed E-state index contributed by atoms with van der Waals surface area (Å²) in [7, 11) is 0. The molecule has 20 heavy (non-hydrogen) atoms. The van der Waals surface area contributed by atoms with Gasteiger partial charge < -0.3 is 10.0 Å². The van der Waals surface area contributed by atoms with Gasteiger partial charge in [-0.1, -0.05) is 13.3 Å². The Morgan fingerprint density at radius 1 is 1.35 bits per heavy atom. The fourth-order valence-corrected chi connectivity index (χ4v) is 3.03. The van der Waals surface area contributed by atoms with Crippen LogP contribution in [0.1, 0.15) is 46.5 Å². The van der Waals surface area contributed by atoms with Crippen molar-refractivity contribution in [3.05, 3.63) is 0 Å². The van der Waals surface area contributed by atoms with Gasteiger partial charge in [-0.25, -0.2) is 0 Å². The molecule has 0 saturated heterocycles. The minimum Gasteiger partial charge on any atom is -0.481 e. The molecule has 1 amide bonds. The van der Waals surface area contributed by atoms with E-state index in [1.54, 1.807) is 4.90 Å². The number of carboxylic acid groups (broad SMARTS) is 1. The second-order valence-electron chi connectivity index (χ2n) is 5.83. The van der Waals surface area contributed by atoms with Crippen LogP contribution in [0.3, 0.4) is 0 Å². The summed E-state index contributed by atoms with van der Waals surface area (Å²) >= 11 is 0. The molecule has 1 fully saturated rings. The summed E-state index contributed by atoms with van der Waals surface area (Å²) in [5.74, 6) is -1.66. The van der Waals surface area contributed by atoms with E-state index >= 15 is 0 Å². The molecule has 5 heteroatoms. The number of aliphatic carboxylic acids is 1. The van der Waals surface area contributed by atoms with E-state index in [0.29, 0.717) is 25.3 Å². The highest BCUT2D eigenvalue weighted by Crippen LogP contribution is 2.39. The molecule has 0 bridgehead atoms. The van der Waals surface area contributed by atoms with E-state index in [4.69, 9.17) is 5.26 Å². The van der Waals surface area contributed by atoms with Gasteiger partial charge in [0.05, 0.1) is 24.3 Å². The van der Waals surface area contributed by atoms with E-state index in [9.17, 15) is 14.7 Å². The standard InChI is InChI=1S/C15H24N2O3/c1-4-11-8-12(13(9-11)15(19)20)14(18)17(10(2)3)7-5-6-16/h10-13H,4-5,7-9H2,1-3H3,(H,19,20)/t11?,12-,13+/m0/s1. The molecule has 1 aliphatic carbocycles. The van der Waals surface area contributed by atoms with Crippen LogP contribution < -0.4 is 0 Å². The highest BCUT2D eigenvalue weighted by Gasteiger charge is 2.43. The zero-order chi connectivity index (χ0) is 15.3. The summed E-state index contributed by atoms with van der Waals surface area (Å²) in [6.07, 6.45) is 2.44. The van der Waals surface area contributed by atoms with Crippen LogP contribution in [0, 0.1) is 29.1 Å². The minimum atomic E-state index is -0.872. The van der Waals surface area contributed by atoms with Crippen LogP contribution in [0.25, 0.3) is 0 Å². The quantitative estimate of drug-likeness (QED) is 0.809. The third kappa shape index (κ3) is 3.72. The molecule has 3 atom stereocenters. The number of carboxylic acids is 1. The van der Waals surface area contributed by atoms with Crippen LogP contribution >= 0.6 is 0 Å². The van der Waals surface area contributed by atoms with Gasteiger partial charge in [0, 0.05) is 12.6 Å². The normalized spacial score (nSPS) is 25.4. The lowest BCUT2D eigenvalue weighted by atomic mass is 9.94. The first kappa shape index (κ1) is 16.5. The molecule has 112 valence electrons. The first-order valence-electron chi connectivity index (χ1n) is 7.32. The Hall–Kier alpha value is -1.57. The molecular weight excluding hydrogens is 256 g/mol. The summed E-state index contributed by atoms with van der Waals surface area (Å²) in [6.45, 7) is 6.22. The number of rotatable bonds is 6. The maximum absolute atomic E-state index is 12.6. The van der Waals surface area contributed by atoms with Crippen LogP contribution in [-0.2, 0) is 9.59 Å². The molecule has 0 radical (unpaired) electrons. The number of amides is 1. The molecule has 0 heterocycles. The first-order chi connectivity index (χ1) is 9.42. The number of carbonyl (C=O) groups excluding carboxylic acids is 1. The minimum absolute atomic E-state index is 0.00836. The van der Waals surface area contributed by atoms with Crippen molar-refractivity contribution in [3.63, 3.8) is 0 Å². The lowest BCUT2D eigenvalue weighted by molar-refractivity contribution is -0.149. The molecule has 0 aromatic heterocycles. The smallest absolute Gasteiger partial charge is 0.307 e. The largest absolute Gasteiger partial charge is 0.481 e. The molecule has 1 saturated carbocycles. The van der Waals surface area contributed by atoms with E-state index < -0.39 is 17.8 Å². The fourth-order valence-electron chi connectivity index (χ4n) is 3.03. The second kappa shape index (κ2) is 7.28. The Morgan fingerprint density at radius 3 is 2.40 bits per heavy atom. The van der Waals surface area contributed by atoms with Gasteiger partial charge in [-0.2, -0.15) is 5.26 Å². The van der Waals surface area contributed by atoms with Crippen LogP contribution in [-0.4, -0.2) is 34.5 Å². The van der Waals surface area contributed by atoms with Crippen molar-refractivity contribution in [2.45, 2.75) is 52.5 Å². The highest BCUT2D eigenvalue weighted by atomic mass is 16.4. The lowest BCUT2D eigenvalue weighted by Crippen LogP contribution is -2.43. The van der Waals surface area contributed by atoms with Gasteiger partial charge in [0.15, 0.2) is 0 Å². The number of hydrogen-bond donors (Lipinski definition) is 1. The average Bonchev–Trinajstić information content (AvgIpc) is 2.82. The Balaban J connectivity index is 2.86. The van der Waals surface area contributed by atoms with Gasteiger partial charge in [0.25, 0.3) is 0 Å². The topological polar surface area (TPSA) is 81.4 Å². The van der Waals surface area contributed by atoms with E-state index in [2.05, 4.69) is 0 Å². The number of hydrogen-bond acceptors (Lipinski definition) is 3. The predicted octanol–water partition coefficient (Wildman–Crippen LogP) is 2.27. The van der Waals surface area contributed by atoms with Gasteiger partial charge >= 0.3 is 5.97 Å². The fraction of sp³-hybridized carbons (Fsp3) is 0.800. The Bertz CT molecular complexity index is 400. The molecule has 0 spiro atoms. The molecule has 1 aliphatic rings. The lowest BCUT2D eigenvalue weighted by Gasteiger charge is -2.30. The van der Waals surface area contributed by atoms with Crippen molar-refractivity contribution >= 4 is 11.9 Å². The average molecular weight is 280 g/mol. The van der Waals surface area contributed by atoms with Gasteiger partial charge in [0.1, 0.15) is 0 Å².